The van der Waals surface area contributed by atoms with Crippen LogP contribution in [0.2, 0.25) is 0 Å². The Morgan fingerprint density at radius 1 is 1.47 bits per heavy atom. The van der Waals surface area contributed by atoms with Crippen molar-refractivity contribution in [1.82, 2.24) is 4.90 Å². The number of ketones is 1. The Balaban J connectivity index is 1.97. The summed E-state index contributed by atoms with van der Waals surface area (Å²) in [6.45, 7) is 5.50. The van der Waals surface area contributed by atoms with E-state index < -0.39 is 5.60 Å². The number of hydrogen-bond acceptors (Lipinski definition) is 3. The number of amides is 1. The number of fused-ring (bicyclic) bond motifs is 1. The van der Waals surface area contributed by atoms with E-state index in [2.05, 4.69) is 0 Å². The second kappa shape index (κ2) is 3.22. The molecule has 0 aromatic carbocycles. The highest BCUT2D eigenvalue weighted by Crippen LogP contribution is 2.39. The number of rotatable bonds is 0. The number of likely N-dealkylation sites (tertiary alicyclic amines) is 1. The first-order valence-corrected chi connectivity index (χ1v) is 5.44. The summed E-state index contributed by atoms with van der Waals surface area (Å²) in [5.41, 5.74) is -0.480. The van der Waals surface area contributed by atoms with Crippen molar-refractivity contribution in [3.8, 4) is 0 Å². The van der Waals surface area contributed by atoms with Crippen LogP contribution in [0.3, 0.4) is 0 Å². The molecule has 2 atom stereocenters. The fourth-order valence-corrected chi connectivity index (χ4v) is 2.14. The Kier molecular flexibility index (Phi) is 2.24. The monoisotopic (exact) mass is 211 g/mol. The van der Waals surface area contributed by atoms with Gasteiger partial charge in [-0.1, -0.05) is 0 Å². The van der Waals surface area contributed by atoms with Crippen LogP contribution in [0.1, 0.15) is 40.0 Å². The lowest BCUT2D eigenvalue weighted by Gasteiger charge is -2.19. The van der Waals surface area contributed by atoms with E-state index in [0.29, 0.717) is 6.42 Å². The number of Topliss-reactive ketones (excluding diaryl/α,β-unsaturated/α-hetero) is 1. The summed E-state index contributed by atoms with van der Waals surface area (Å²) in [5, 5.41) is 0. The van der Waals surface area contributed by atoms with Crippen molar-refractivity contribution in [3.63, 3.8) is 0 Å². The zero-order chi connectivity index (χ0) is 11.2. The molecule has 15 heavy (non-hydrogen) atoms. The molecule has 2 fully saturated rings. The number of nitrogens with zero attached hydrogens (tertiary/aromatic N) is 1. The molecule has 4 nitrogen and oxygen atoms in total. The lowest BCUT2D eigenvalue weighted by atomic mass is 10.00. The molecular formula is C11H17NO3. The molecular weight excluding hydrogens is 194 g/mol. The van der Waals surface area contributed by atoms with Gasteiger partial charge in [0, 0.05) is 6.42 Å². The number of hydrogen-bond donors (Lipinski definition) is 0. The Morgan fingerprint density at radius 3 is 2.67 bits per heavy atom. The molecule has 0 aromatic heterocycles. The van der Waals surface area contributed by atoms with E-state index >= 15 is 0 Å². The van der Waals surface area contributed by atoms with Gasteiger partial charge in [0.05, 0.1) is 6.04 Å². The maximum absolute atomic E-state index is 11.7. The quantitative estimate of drug-likeness (QED) is 0.573. The first kappa shape index (κ1) is 10.5. The zero-order valence-corrected chi connectivity index (χ0v) is 9.45. The van der Waals surface area contributed by atoms with Crippen molar-refractivity contribution in [3.05, 3.63) is 0 Å². The SMILES string of the molecule is CC(C)(C)OC(=O)N1C2CCCC(=O)C21. The minimum absolute atomic E-state index is 0.126. The second-order valence-electron chi connectivity index (χ2n) is 5.26. The van der Waals surface area contributed by atoms with Crippen LogP contribution in [-0.2, 0) is 9.53 Å². The van der Waals surface area contributed by atoms with Gasteiger partial charge in [0.2, 0.25) is 0 Å². The first-order valence-electron chi connectivity index (χ1n) is 5.44. The van der Waals surface area contributed by atoms with E-state index in [-0.39, 0.29) is 24.0 Å². The molecule has 2 unspecified atom stereocenters. The van der Waals surface area contributed by atoms with E-state index in [4.69, 9.17) is 4.74 Å². The van der Waals surface area contributed by atoms with Crippen LogP contribution in [0, 0.1) is 0 Å². The molecule has 84 valence electrons. The van der Waals surface area contributed by atoms with Gasteiger partial charge in [0.15, 0.2) is 5.78 Å². The molecule has 2 aliphatic rings. The average Bonchev–Trinajstić information content (AvgIpc) is 2.76. The van der Waals surface area contributed by atoms with Crippen molar-refractivity contribution in [2.75, 3.05) is 0 Å². The van der Waals surface area contributed by atoms with E-state index in [0.717, 1.165) is 12.8 Å². The summed E-state index contributed by atoms with van der Waals surface area (Å²) >= 11 is 0. The molecule has 1 saturated carbocycles. The number of ether oxygens (including phenoxy) is 1. The van der Waals surface area contributed by atoms with Crippen molar-refractivity contribution >= 4 is 11.9 Å². The molecule has 4 heteroatoms. The predicted molar refractivity (Wildman–Crippen MR) is 54.5 cm³/mol. The minimum Gasteiger partial charge on any atom is -0.444 e. The zero-order valence-electron chi connectivity index (χ0n) is 9.45. The first-order chi connectivity index (χ1) is 6.90. The topological polar surface area (TPSA) is 46.4 Å². The molecule has 0 N–H and O–H groups in total. The summed E-state index contributed by atoms with van der Waals surface area (Å²) in [6.07, 6.45) is 2.11. The normalized spacial score (nSPS) is 29.8. The third-order valence-electron chi connectivity index (χ3n) is 2.79. The summed E-state index contributed by atoms with van der Waals surface area (Å²) in [5.74, 6) is 0.192. The van der Waals surface area contributed by atoms with Gasteiger partial charge in [-0.3, -0.25) is 9.69 Å². The van der Waals surface area contributed by atoms with Crippen molar-refractivity contribution in [2.24, 2.45) is 0 Å². The van der Waals surface area contributed by atoms with E-state index in [1.165, 1.54) is 0 Å². The van der Waals surface area contributed by atoms with Crippen LogP contribution in [0.4, 0.5) is 4.79 Å². The van der Waals surface area contributed by atoms with Crippen molar-refractivity contribution < 1.29 is 14.3 Å². The lowest BCUT2D eigenvalue weighted by molar-refractivity contribution is -0.119. The highest BCUT2D eigenvalue weighted by molar-refractivity contribution is 5.94. The second-order valence-corrected chi connectivity index (χ2v) is 5.26. The minimum atomic E-state index is -0.480. The molecule has 1 aliphatic carbocycles. The third kappa shape index (κ3) is 1.98. The van der Waals surface area contributed by atoms with Gasteiger partial charge in [0.25, 0.3) is 0 Å². The van der Waals surface area contributed by atoms with Gasteiger partial charge in [-0.2, -0.15) is 0 Å². The van der Waals surface area contributed by atoms with Gasteiger partial charge in [-0.15, -0.1) is 0 Å². The Morgan fingerprint density at radius 2 is 2.13 bits per heavy atom. The van der Waals surface area contributed by atoms with Crippen LogP contribution in [0.15, 0.2) is 0 Å². The van der Waals surface area contributed by atoms with Gasteiger partial charge >= 0.3 is 6.09 Å². The highest BCUT2D eigenvalue weighted by Gasteiger charge is 2.57. The van der Waals surface area contributed by atoms with Crippen LogP contribution in [0.5, 0.6) is 0 Å². The van der Waals surface area contributed by atoms with E-state index in [9.17, 15) is 9.59 Å². The molecule has 0 radical (unpaired) electrons. The molecule has 1 saturated heterocycles. The van der Waals surface area contributed by atoms with Crippen LogP contribution in [-0.4, -0.2) is 34.5 Å². The van der Waals surface area contributed by atoms with Crippen LogP contribution >= 0.6 is 0 Å². The van der Waals surface area contributed by atoms with E-state index in [1.807, 2.05) is 20.8 Å². The standard InChI is InChI=1S/C11H17NO3/c1-11(2,3)15-10(14)12-7-5-4-6-8(13)9(7)12/h7,9H,4-6H2,1-3H3. The molecule has 1 amide bonds. The van der Waals surface area contributed by atoms with Crippen molar-refractivity contribution in [2.45, 2.75) is 57.7 Å². The average molecular weight is 211 g/mol. The van der Waals surface area contributed by atoms with Gasteiger partial charge in [-0.05, 0) is 33.6 Å². The molecule has 0 spiro atoms. The molecule has 0 aromatic rings. The van der Waals surface area contributed by atoms with Crippen LogP contribution < -0.4 is 0 Å². The number of carbonyl (C=O) groups is 2. The maximum atomic E-state index is 11.7. The molecule has 1 heterocycles. The maximum Gasteiger partial charge on any atom is 0.411 e. The van der Waals surface area contributed by atoms with Crippen molar-refractivity contribution in [1.29, 1.82) is 0 Å². The van der Waals surface area contributed by atoms with Gasteiger partial charge < -0.3 is 4.74 Å². The van der Waals surface area contributed by atoms with Gasteiger partial charge in [0.1, 0.15) is 11.6 Å². The summed E-state index contributed by atoms with van der Waals surface area (Å²) in [7, 11) is 0. The Labute approximate surface area is 89.6 Å². The Bertz CT molecular complexity index is 305. The molecule has 2 rings (SSSR count). The number of carbonyl (C=O) groups excluding carboxylic acids is 2. The summed E-state index contributed by atoms with van der Waals surface area (Å²) < 4.78 is 5.24. The predicted octanol–water partition coefficient (Wildman–Crippen LogP) is 1.73. The van der Waals surface area contributed by atoms with Crippen LogP contribution in [0.25, 0.3) is 0 Å². The molecule has 0 bridgehead atoms. The Hall–Kier alpha value is -1.06. The lowest BCUT2D eigenvalue weighted by Crippen LogP contribution is -2.29. The molecule has 1 aliphatic heterocycles. The summed E-state index contributed by atoms with van der Waals surface area (Å²) in [6, 6.07) is -0.0466. The smallest absolute Gasteiger partial charge is 0.411 e. The fourth-order valence-electron chi connectivity index (χ4n) is 2.14. The largest absolute Gasteiger partial charge is 0.444 e. The fraction of sp³-hybridized carbons (Fsp3) is 0.818. The van der Waals surface area contributed by atoms with E-state index in [1.54, 1.807) is 4.90 Å². The highest BCUT2D eigenvalue weighted by atomic mass is 16.6. The van der Waals surface area contributed by atoms with Gasteiger partial charge in [-0.25, -0.2) is 4.79 Å². The third-order valence-corrected chi connectivity index (χ3v) is 2.79. The summed E-state index contributed by atoms with van der Waals surface area (Å²) in [4.78, 5) is 24.7.